The number of ether oxygens (including phenoxy) is 1. The van der Waals surface area contributed by atoms with Crippen LogP contribution in [0.5, 0.6) is 0 Å². The summed E-state index contributed by atoms with van der Waals surface area (Å²) in [6.07, 6.45) is 22.6. The van der Waals surface area contributed by atoms with Crippen molar-refractivity contribution in [2.75, 3.05) is 6.54 Å². The van der Waals surface area contributed by atoms with Crippen LogP contribution in [-0.4, -0.2) is 23.6 Å². The molecule has 1 spiro atoms. The van der Waals surface area contributed by atoms with Crippen molar-refractivity contribution >= 4 is 0 Å². The Hall–Kier alpha value is -1.44. The lowest BCUT2D eigenvalue weighted by molar-refractivity contribution is 0.0362. The van der Waals surface area contributed by atoms with Gasteiger partial charge in [0.05, 0.1) is 6.26 Å². The number of fused-ring (bicyclic) bond motifs is 4. The average Bonchev–Trinajstić information content (AvgIpc) is 2.62. The first kappa shape index (κ1) is 13.2. The monoisotopic (exact) mass is 283 g/mol. The molecule has 0 aromatic heterocycles. The second-order valence-corrected chi connectivity index (χ2v) is 6.76. The van der Waals surface area contributed by atoms with Gasteiger partial charge in [0.25, 0.3) is 0 Å². The molecule has 1 saturated heterocycles. The van der Waals surface area contributed by atoms with E-state index < -0.39 is 0 Å². The van der Waals surface area contributed by atoms with Gasteiger partial charge in [-0.25, -0.2) is 0 Å². The predicted molar refractivity (Wildman–Crippen MR) is 85.6 cm³/mol. The molecule has 0 aromatic rings. The van der Waals surface area contributed by atoms with Crippen LogP contribution in [-0.2, 0) is 4.74 Å². The Morgan fingerprint density at radius 2 is 2.14 bits per heavy atom. The highest BCUT2D eigenvalue weighted by molar-refractivity contribution is 5.33. The fourth-order valence-electron chi connectivity index (χ4n) is 4.89. The fraction of sp³-hybridized carbons (Fsp3) is 0.579. The van der Waals surface area contributed by atoms with Crippen molar-refractivity contribution in [2.24, 2.45) is 11.3 Å². The summed E-state index contributed by atoms with van der Waals surface area (Å²) in [5.74, 6) is 0.526. The van der Waals surface area contributed by atoms with Gasteiger partial charge in [-0.15, -0.1) is 0 Å². The molecule has 3 atom stereocenters. The number of rotatable bonds is 1. The van der Waals surface area contributed by atoms with E-state index in [0.29, 0.717) is 12.0 Å². The van der Waals surface area contributed by atoms with E-state index in [0.717, 1.165) is 12.8 Å². The van der Waals surface area contributed by atoms with E-state index in [-0.39, 0.29) is 11.5 Å². The normalized spacial score (nSPS) is 36.0. The van der Waals surface area contributed by atoms with E-state index in [1.807, 2.05) is 6.26 Å². The highest BCUT2D eigenvalue weighted by Gasteiger charge is 2.50. The van der Waals surface area contributed by atoms with Crippen molar-refractivity contribution < 1.29 is 4.74 Å². The lowest BCUT2D eigenvalue weighted by atomic mass is 9.63. The van der Waals surface area contributed by atoms with Crippen LogP contribution in [0.15, 0.2) is 48.4 Å². The minimum absolute atomic E-state index is 0.141. The summed E-state index contributed by atoms with van der Waals surface area (Å²) in [5.41, 5.74) is 1.53. The second-order valence-electron chi connectivity index (χ2n) is 6.76. The van der Waals surface area contributed by atoms with Crippen LogP contribution in [0, 0.1) is 11.3 Å². The van der Waals surface area contributed by atoms with Crippen LogP contribution in [0.3, 0.4) is 0 Å². The summed E-state index contributed by atoms with van der Waals surface area (Å²) in [7, 11) is 0. The standard InChI is InChI=1S/C19H25NO/c1-2-16-17-14-15(9-13-21-17)20-12-7-4-8-18(20)19(16)10-5-3-6-11-19/h5-6,9-11,13-14,16-18H,2-4,7-8,12H2,1H3. The van der Waals surface area contributed by atoms with E-state index in [2.05, 4.69) is 48.3 Å². The summed E-state index contributed by atoms with van der Waals surface area (Å²) in [5, 5.41) is 0. The summed E-state index contributed by atoms with van der Waals surface area (Å²) in [6.45, 7) is 3.50. The molecule has 3 heterocycles. The number of piperidine rings is 1. The third kappa shape index (κ3) is 1.91. The zero-order chi connectivity index (χ0) is 14.3. The maximum Gasteiger partial charge on any atom is 0.122 e. The number of allylic oxidation sites excluding steroid dienone is 3. The molecule has 4 aliphatic rings. The number of hydrogen-bond acceptors (Lipinski definition) is 2. The van der Waals surface area contributed by atoms with Gasteiger partial charge in [0.2, 0.25) is 0 Å². The molecule has 3 aliphatic heterocycles. The zero-order valence-electron chi connectivity index (χ0n) is 12.9. The van der Waals surface area contributed by atoms with Crippen molar-refractivity contribution in [2.45, 2.75) is 51.2 Å². The maximum absolute atomic E-state index is 6.01. The van der Waals surface area contributed by atoms with Gasteiger partial charge in [-0.05, 0) is 44.3 Å². The quantitative estimate of drug-likeness (QED) is 0.669. The first-order valence-corrected chi connectivity index (χ1v) is 8.51. The van der Waals surface area contributed by atoms with E-state index >= 15 is 0 Å². The Labute approximate surface area is 127 Å². The van der Waals surface area contributed by atoms with E-state index in [1.165, 1.54) is 31.5 Å². The molecule has 4 rings (SSSR count). The molecule has 112 valence electrons. The molecule has 21 heavy (non-hydrogen) atoms. The maximum atomic E-state index is 6.01. The van der Waals surface area contributed by atoms with Crippen molar-refractivity contribution in [3.05, 3.63) is 48.4 Å². The Balaban J connectivity index is 1.85. The molecule has 3 unspecified atom stereocenters. The van der Waals surface area contributed by atoms with Crippen LogP contribution >= 0.6 is 0 Å². The number of nitrogens with zero attached hydrogens (tertiary/aromatic N) is 1. The van der Waals surface area contributed by atoms with Gasteiger partial charge in [0.15, 0.2) is 0 Å². The first-order chi connectivity index (χ1) is 10.3. The molecule has 0 N–H and O–H groups in total. The topological polar surface area (TPSA) is 12.5 Å². The SMILES string of the molecule is CCC1C2C=C(C=CO2)N2CCCCC2C12C=CCC=C2. The van der Waals surface area contributed by atoms with Crippen LogP contribution in [0.1, 0.15) is 39.0 Å². The van der Waals surface area contributed by atoms with Gasteiger partial charge in [0.1, 0.15) is 6.10 Å². The summed E-state index contributed by atoms with van der Waals surface area (Å²) in [4.78, 5) is 2.66. The Morgan fingerprint density at radius 1 is 1.29 bits per heavy atom. The molecule has 0 saturated carbocycles. The predicted octanol–water partition coefficient (Wildman–Crippen LogP) is 4.18. The third-order valence-electron chi connectivity index (χ3n) is 5.78. The van der Waals surface area contributed by atoms with Crippen molar-refractivity contribution in [3.63, 3.8) is 0 Å². The Kier molecular flexibility index (Phi) is 3.20. The van der Waals surface area contributed by atoms with Crippen molar-refractivity contribution in [1.82, 2.24) is 4.90 Å². The third-order valence-corrected chi connectivity index (χ3v) is 5.78. The summed E-state index contributed by atoms with van der Waals surface area (Å²) >= 11 is 0. The Morgan fingerprint density at radius 3 is 2.95 bits per heavy atom. The van der Waals surface area contributed by atoms with Crippen LogP contribution in [0.4, 0.5) is 0 Å². The van der Waals surface area contributed by atoms with E-state index in [9.17, 15) is 0 Å². The van der Waals surface area contributed by atoms with Gasteiger partial charge in [-0.1, -0.05) is 31.2 Å². The molecular weight excluding hydrogens is 258 g/mol. The van der Waals surface area contributed by atoms with E-state index in [1.54, 1.807) is 0 Å². The Bertz CT molecular complexity index is 516. The molecule has 2 heteroatoms. The lowest BCUT2D eigenvalue weighted by Gasteiger charge is -2.49. The molecule has 1 fully saturated rings. The van der Waals surface area contributed by atoms with Crippen molar-refractivity contribution in [3.8, 4) is 0 Å². The molecule has 2 bridgehead atoms. The molecule has 0 amide bonds. The number of hydrogen-bond donors (Lipinski definition) is 0. The second kappa shape index (κ2) is 5.08. The zero-order valence-corrected chi connectivity index (χ0v) is 12.9. The van der Waals surface area contributed by atoms with Crippen molar-refractivity contribution in [1.29, 1.82) is 0 Å². The minimum Gasteiger partial charge on any atom is -0.493 e. The van der Waals surface area contributed by atoms with Gasteiger partial charge >= 0.3 is 0 Å². The highest BCUT2D eigenvalue weighted by Crippen LogP contribution is 2.50. The van der Waals surface area contributed by atoms with Crippen LogP contribution < -0.4 is 0 Å². The first-order valence-electron chi connectivity index (χ1n) is 8.51. The van der Waals surface area contributed by atoms with Gasteiger partial charge in [-0.3, -0.25) is 0 Å². The summed E-state index contributed by atoms with van der Waals surface area (Å²) < 4.78 is 6.01. The van der Waals surface area contributed by atoms with Crippen LogP contribution in [0.25, 0.3) is 0 Å². The van der Waals surface area contributed by atoms with Crippen LogP contribution in [0.2, 0.25) is 0 Å². The molecule has 0 aromatic carbocycles. The largest absolute Gasteiger partial charge is 0.493 e. The molecule has 1 aliphatic carbocycles. The van der Waals surface area contributed by atoms with Gasteiger partial charge < -0.3 is 9.64 Å². The van der Waals surface area contributed by atoms with Gasteiger partial charge in [-0.2, -0.15) is 0 Å². The van der Waals surface area contributed by atoms with Gasteiger partial charge in [0, 0.05) is 29.6 Å². The highest BCUT2D eigenvalue weighted by atomic mass is 16.5. The molecular formula is C19H25NO. The lowest BCUT2D eigenvalue weighted by Crippen LogP contribution is -2.51. The van der Waals surface area contributed by atoms with E-state index in [4.69, 9.17) is 4.74 Å². The molecule has 0 radical (unpaired) electrons. The minimum atomic E-state index is 0.141. The molecule has 2 nitrogen and oxygen atoms in total. The average molecular weight is 283 g/mol. The smallest absolute Gasteiger partial charge is 0.122 e. The summed E-state index contributed by atoms with van der Waals surface area (Å²) in [6, 6.07) is 0.589. The fourth-order valence-corrected chi connectivity index (χ4v) is 4.89.